The quantitative estimate of drug-likeness (QED) is 0.350. The van der Waals surface area contributed by atoms with E-state index in [-0.39, 0.29) is 25.0 Å². The Morgan fingerprint density at radius 3 is 2.60 bits per heavy atom. The molecule has 0 bridgehead atoms. The molecule has 84 valence electrons. The van der Waals surface area contributed by atoms with Gasteiger partial charge in [-0.2, -0.15) is 0 Å². The first-order valence-corrected chi connectivity index (χ1v) is 5.01. The average molecular weight is 215 g/mol. The Bertz CT molecular complexity index is 334. The van der Waals surface area contributed by atoms with Crippen LogP contribution in [-0.2, 0) is 4.79 Å². The van der Waals surface area contributed by atoms with Crippen molar-refractivity contribution in [2.45, 2.75) is 36.8 Å². The molecule has 1 saturated carbocycles. The van der Waals surface area contributed by atoms with Gasteiger partial charge < -0.3 is 25.3 Å². The van der Waals surface area contributed by atoms with E-state index in [0.29, 0.717) is 0 Å². The Hall–Kier alpha value is -0.690. The van der Waals surface area contributed by atoms with Gasteiger partial charge in [0.15, 0.2) is 0 Å². The maximum atomic E-state index is 11.5. The van der Waals surface area contributed by atoms with Crippen LogP contribution in [0.4, 0.5) is 0 Å². The molecule has 6 unspecified atom stereocenters. The van der Waals surface area contributed by atoms with E-state index in [1.165, 1.54) is 4.90 Å². The molecule has 1 aliphatic carbocycles. The van der Waals surface area contributed by atoms with Gasteiger partial charge in [0, 0.05) is 6.42 Å². The fraction of sp³-hybridized carbons (Fsp3) is 0.889. The van der Waals surface area contributed by atoms with E-state index >= 15 is 0 Å². The number of piperidine rings is 1. The Morgan fingerprint density at radius 1 is 1.33 bits per heavy atom. The number of hydrogen-bond acceptors (Lipinski definition) is 5. The van der Waals surface area contributed by atoms with Gasteiger partial charge in [-0.15, -0.1) is 0 Å². The van der Waals surface area contributed by atoms with Gasteiger partial charge in [0.1, 0.15) is 12.2 Å². The van der Waals surface area contributed by atoms with Crippen molar-refractivity contribution < 1.29 is 25.2 Å². The molecular formula is C9H13NO5. The second-order valence-corrected chi connectivity index (χ2v) is 4.73. The van der Waals surface area contributed by atoms with E-state index in [9.17, 15) is 25.2 Å². The molecule has 3 rings (SSSR count). The maximum Gasteiger partial charge on any atom is 0.224 e. The summed E-state index contributed by atoms with van der Waals surface area (Å²) in [5.41, 5.74) is -0.972. The number of hydrogen-bond donors (Lipinski definition) is 4. The van der Waals surface area contributed by atoms with Gasteiger partial charge in [-0.3, -0.25) is 4.79 Å². The molecule has 15 heavy (non-hydrogen) atoms. The van der Waals surface area contributed by atoms with Crippen molar-refractivity contribution in [2.75, 3.05) is 6.61 Å². The molecule has 6 heteroatoms. The molecule has 6 atom stereocenters. The summed E-state index contributed by atoms with van der Waals surface area (Å²) in [7, 11) is 0. The van der Waals surface area contributed by atoms with E-state index in [1.807, 2.05) is 0 Å². The van der Waals surface area contributed by atoms with Crippen molar-refractivity contribution >= 4 is 5.91 Å². The first-order valence-electron chi connectivity index (χ1n) is 5.01. The third-order valence-corrected chi connectivity index (χ3v) is 4.12. The zero-order valence-corrected chi connectivity index (χ0v) is 7.95. The van der Waals surface area contributed by atoms with E-state index in [0.717, 1.165) is 0 Å². The van der Waals surface area contributed by atoms with Crippen molar-refractivity contribution in [1.82, 2.24) is 4.90 Å². The van der Waals surface area contributed by atoms with E-state index in [2.05, 4.69) is 0 Å². The number of aliphatic hydroxyl groups excluding tert-OH is 4. The molecule has 0 aromatic carbocycles. The third-order valence-electron chi connectivity index (χ3n) is 4.12. The lowest BCUT2D eigenvalue weighted by atomic mass is 9.68. The molecular weight excluding hydrogens is 202 g/mol. The van der Waals surface area contributed by atoms with Crippen molar-refractivity contribution in [3.63, 3.8) is 0 Å². The molecule has 6 nitrogen and oxygen atoms in total. The summed E-state index contributed by atoms with van der Waals surface area (Å²) in [6, 6.07) is -0.722. The van der Waals surface area contributed by atoms with Crippen LogP contribution >= 0.6 is 0 Å². The van der Waals surface area contributed by atoms with Gasteiger partial charge in [0.2, 0.25) is 5.91 Å². The number of rotatable bonds is 1. The SMILES string of the molecule is O=C1CC2(CO)C(O)C(O)C(O)C3C2N13. The number of fused-ring (bicyclic) bond motifs is 1. The van der Waals surface area contributed by atoms with Gasteiger partial charge in [-0.25, -0.2) is 0 Å². The van der Waals surface area contributed by atoms with Crippen LogP contribution in [-0.4, -0.2) is 68.2 Å². The van der Waals surface area contributed by atoms with Crippen LogP contribution in [0, 0.1) is 5.41 Å². The van der Waals surface area contributed by atoms with E-state index < -0.39 is 29.8 Å². The zero-order valence-electron chi connectivity index (χ0n) is 7.95. The normalized spacial score (nSPS) is 56.9. The summed E-state index contributed by atoms with van der Waals surface area (Å²) in [5, 5.41) is 38.4. The topological polar surface area (TPSA) is 101 Å². The molecule has 0 aromatic heterocycles. The highest BCUT2D eigenvalue weighted by molar-refractivity contribution is 5.85. The summed E-state index contributed by atoms with van der Waals surface area (Å²) in [6.45, 7) is -0.346. The van der Waals surface area contributed by atoms with Crippen molar-refractivity contribution in [3.05, 3.63) is 0 Å². The van der Waals surface area contributed by atoms with Gasteiger partial charge >= 0.3 is 0 Å². The van der Waals surface area contributed by atoms with Gasteiger partial charge in [0.05, 0.1) is 30.2 Å². The lowest BCUT2D eigenvalue weighted by Gasteiger charge is -2.41. The van der Waals surface area contributed by atoms with Crippen LogP contribution in [0.3, 0.4) is 0 Å². The smallest absolute Gasteiger partial charge is 0.224 e. The molecule has 2 heterocycles. The predicted octanol–water partition coefficient (Wildman–Crippen LogP) is -2.96. The fourth-order valence-corrected chi connectivity index (χ4v) is 3.27. The number of carbonyl (C=O) groups excluding carboxylic acids is 1. The maximum absolute atomic E-state index is 11.5. The lowest BCUT2D eigenvalue weighted by Crippen LogP contribution is -2.59. The average Bonchev–Trinajstić information content (AvgIpc) is 2.90. The molecule has 2 saturated heterocycles. The number of carbonyl (C=O) groups is 1. The number of aliphatic hydroxyl groups is 4. The molecule has 4 N–H and O–H groups in total. The second-order valence-electron chi connectivity index (χ2n) is 4.73. The van der Waals surface area contributed by atoms with Crippen molar-refractivity contribution in [2.24, 2.45) is 5.41 Å². The number of nitrogens with zero attached hydrogens (tertiary/aromatic N) is 1. The van der Waals surface area contributed by atoms with Crippen molar-refractivity contribution in [3.8, 4) is 0 Å². The summed E-state index contributed by atoms with van der Waals surface area (Å²) >= 11 is 0. The van der Waals surface area contributed by atoms with Crippen LogP contribution in [0.15, 0.2) is 0 Å². The molecule has 0 spiro atoms. The minimum Gasteiger partial charge on any atom is -0.396 e. The second kappa shape index (κ2) is 2.52. The number of amides is 1. The first-order chi connectivity index (χ1) is 7.04. The van der Waals surface area contributed by atoms with Gasteiger partial charge in [0.25, 0.3) is 0 Å². The van der Waals surface area contributed by atoms with E-state index in [1.54, 1.807) is 0 Å². The lowest BCUT2D eigenvalue weighted by molar-refractivity contribution is -0.155. The third kappa shape index (κ3) is 0.829. The van der Waals surface area contributed by atoms with Crippen LogP contribution in [0.2, 0.25) is 0 Å². The van der Waals surface area contributed by atoms with Crippen LogP contribution in [0.25, 0.3) is 0 Å². The first kappa shape index (κ1) is 9.53. The van der Waals surface area contributed by atoms with Gasteiger partial charge in [-0.1, -0.05) is 0 Å². The van der Waals surface area contributed by atoms with Crippen LogP contribution < -0.4 is 0 Å². The van der Waals surface area contributed by atoms with E-state index in [4.69, 9.17) is 0 Å². The molecule has 0 aromatic rings. The molecule has 1 amide bonds. The molecule has 0 radical (unpaired) electrons. The summed E-state index contributed by atoms with van der Waals surface area (Å²) in [6.07, 6.45) is -3.57. The summed E-state index contributed by atoms with van der Waals surface area (Å²) in [4.78, 5) is 13.0. The Morgan fingerprint density at radius 2 is 2.00 bits per heavy atom. The largest absolute Gasteiger partial charge is 0.396 e. The van der Waals surface area contributed by atoms with Crippen LogP contribution in [0.5, 0.6) is 0 Å². The summed E-state index contributed by atoms with van der Waals surface area (Å²) in [5.74, 6) is -0.163. The van der Waals surface area contributed by atoms with Gasteiger partial charge in [-0.05, 0) is 0 Å². The Kier molecular flexibility index (Phi) is 1.60. The minimum absolute atomic E-state index is 0.0512. The summed E-state index contributed by atoms with van der Waals surface area (Å²) < 4.78 is 0. The Labute approximate surface area is 85.7 Å². The zero-order chi connectivity index (χ0) is 11.0. The molecule has 2 aliphatic heterocycles. The van der Waals surface area contributed by atoms with Crippen LogP contribution in [0.1, 0.15) is 6.42 Å². The molecule has 3 fully saturated rings. The standard InChI is InChI=1S/C9H13NO5/c11-2-9-1-3(12)10-4(7(9)10)5(13)6(14)8(9)15/h4-8,11,13-15H,1-2H2. The highest BCUT2D eigenvalue weighted by Gasteiger charge is 2.76. The Balaban J connectivity index is 2.03. The highest BCUT2D eigenvalue weighted by atomic mass is 16.4. The highest BCUT2D eigenvalue weighted by Crippen LogP contribution is 2.58. The minimum atomic E-state index is -1.28. The monoisotopic (exact) mass is 215 g/mol. The molecule has 3 aliphatic rings. The fourth-order valence-electron chi connectivity index (χ4n) is 3.27. The van der Waals surface area contributed by atoms with Crippen molar-refractivity contribution in [1.29, 1.82) is 0 Å². The predicted molar refractivity (Wildman–Crippen MR) is 46.6 cm³/mol.